The van der Waals surface area contributed by atoms with Crippen LogP contribution in [0.25, 0.3) is 0 Å². The van der Waals surface area contributed by atoms with Crippen molar-refractivity contribution in [3.8, 4) is 0 Å². The first-order valence-corrected chi connectivity index (χ1v) is 14.4. The van der Waals surface area contributed by atoms with Crippen molar-refractivity contribution in [3.63, 3.8) is 0 Å². The second-order valence-electron chi connectivity index (χ2n) is 8.66. The molecular weight excluding hydrogens is 503 g/mol. The maximum Gasteiger partial charge on any atom is 1.00 e. The predicted octanol–water partition coefficient (Wildman–Crippen LogP) is 3.74. The summed E-state index contributed by atoms with van der Waals surface area (Å²) in [6, 6.07) is 3.53. The zero-order valence-corrected chi connectivity index (χ0v) is 25.5. The summed E-state index contributed by atoms with van der Waals surface area (Å²) in [7, 11) is -5.00. The molecular formula is C28H41NaO7S. The van der Waals surface area contributed by atoms with Gasteiger partial charge >= 0.3 is 41.5 Å². The maximum atomic E-state index is 12.7. The number of allylic oxidation sites excluding steroid dienone is 4. The number of unbranched alkanes of at least 4 members (excludes halogenated alkanes) is 10. The third kappa shape index (κ3) is 15.5. The Balaban J connectivity index is 0.0000130. The van der Waals surface area contributed by atoms with Crippen molar-refractivity contribution in [1.29, 1.82) is 0 Å². The Morgan fingerprint density at radius 1 is 0.757 bits per heavy atom. The van der Waals surface area contributed by atoms with E-state index in [2.05, 4.69) is 12.2 Å². The molecule has 7 nitrogen and oxygen atoms in total. The molecule has 0 heterocycles. The van der Waals surface area contributed by atoms with Gasteiger partial charge in [-0.15, -0.1) is 0 Å². The summed E-state index contributed by atoms with van der Waals surface area (Å²) in [6.45, 7) is 4.20. The number of carbonyl (C=O) groups is 2. The van der Waals surface area contributed by atoms with Gasteiger partial charge in [-0.25, -0.2) is 18.0 Å². The van der Waals surface area contributed by atoms with Crippen LogP contribution in [0.5, 0.6) is 0 Å². The summed E-state index contributed by atoms with van der Waals surface area (Å²) < 4.78 is 45.8. The van der Waals surface area contributed by atoms with Crippen LogP contribution >= 0.6 is 0 Å². The zero-order valence-electron chi connectivity index (χ0n) is 22.7. The Morgan fingerprint density at radius 2 is 1.22 bits per heavy atom. The third-order valence-corrected chi connectivity index (χ3v) is 6.57. The Morgan fingerprint density at radius 3 is 1.70 bits per heavy atom. The van der Waals surface area contributed by atoms with Crippen LogP contribution in [0, 0.1) is 0 Å². The quantitative estimate of drug-likeness (QED) is 0.0858. The van der Waals surface area contributed by atoms with Gasteiger partial charge in [-0.3, -0.25) is 0 Å². The summed E-state index contributed by atoms with van der Waals surface area (Å²) in [5.74, 6) is -1.85. The SMILES string of the molecule is C/C=C/CCCCCCCOC(=O)c1cccc(S(=O)(=O)[O-])c1C(=O)OCCCCCCC/C=C/C.[Na+]. The van der Waals surface area contributed by atoms with Gasteiger partial charge in [0.1, 0.15) is 10.1 Å². The van der Waals surface area contributed by atoms with E-state index in [-0.39, 0.29) is 48.3 Å². The topological polar surface area (TPSA) is 110 Å². The number of benzene rings is 1. The van der Waals surface area contributed by atoms with Gasteiger partial charge in [0.05, 0.1) is 29.2 Å². The van der Waals surface area contributed by atoms with Crippen molar-refractivity contribution in [2.24, 2.45) is 0 Å². The van der Waals surface area contributed by atoms with Crippen molar-refractivity contribution >= 4 is 22.1 Å². The largest absolute Gasteiger partial charge is 1.00 e. The molecule has 0 bridgehead atoms. The first kappa shape index (κ1) is 35.5. The van der Waals surface area contributed by atoms with Crippen LogP contribution < -0.4 is 29.6 Å². The van der Waals surface area contributed by atoms with E-state index >= 15 is 0 Å². The van der Waals surface area contributed by atoms with E-state index in [0.717, 1.165) is 70.3 Å². The number of carbonyl (C=O) groups excluding carboxylic acids is 2. The first-order chi connectivity index (χ1) is 17.3. The summed E-state index contributed by atoms with van der Waals surface area (Å²) in [5.41, 5.74) is -0.819. The van der Waals surface area contributed by atoms with Gasteiger partial charge in [-0.05, 0) is 64.5 Å². The van der Waals surface area contributed by atoms with Crippen LogP contribution in [-0.4, -0.2) is 38.1 Å². The van der Waals surface area contributed by atoms with Gasteiger partial charge in [-0.2, -0.15) is 0 Å². The molecule has 0 unspecified atom stereocenters. The Hall–Kier alpha value is -1.45. The van der Waals surface area contributed by atoms with E-state index in [0.29, 0.717) is 12.8 Å². The van der Waals surface area contributed by atoms with E-state index in [1.165, 1.54) is 12.1 Å². The van der Waals surface area contributed by atoms with Gasteiger partial charge in [0.15, 0.2) is 0 Å². The minimum Gasteiger partial charge on any atom is -0.744 e. The van der Waals surface area contributed by atoms with Gasteiger partial charge in [0, 0.05) is 0 Å². The second kappa shape index (κ2) is 21.5. The summed E-state index contributed by atoms with van der Waals surface area (Å²) in [5, 5.41) is 0. The number of hydrogen-bond acceptors (Lipinski definition) is 7. The van der Waals surface area contributed by atoms with Crippen molar-refractivity contribution in [2.75, 3.05) is 13.2 Å². The molecule has 0 aliphatic carbocycles. The number of esters is 2. The van der Waals surface area contributed by atoms with Crippen LogP contribution in [0.4, 0.5) is 0 Å². The first-order valence-electron chi connectivity index (χ1n) is 13.0. The molecule has 0 aliphatic heterocycles. The number of ether oxygens (including phenoxy) is 2. The molecule has 1 aromatic rings. The molecule has 0 aromatic heterocycles. The molecule has 0 radical (unpaired) electrons. The average Bonchev–Trinajstić information content (AvgIpc) is 2.85. The van der Waals surface area contributed by atoms with Crippen LogP contribution in [0.1, 0.15) is 112 Å². The number of hydrogen-bond donors (Lipinski definition) is 0. The summed E-state index contributed by atoms with van der Waals surface area (Å²) >= 11 is 0. The molecule has 0 saturated heterocycles. The molecule has 0 aliphatic rings. The molecule has 1 rings (SSSR count). The minimum absolute atomic E-state index is 0. The van der Waals surface area contributed by atoms with Crippen LogP contribution in [0.3, 0.4) is 0 Å². The van der Waals surface area contributed by atoms with Crippen molar-refractivity contribution < 1.29 is 61.6 Å². The van der Waals surface area contributed by atoms with Crippen molar-refractivity contribution in [3.05, 3.63) is 53.6 Å². The molecule has 0 amide bonds. The third-order valence-electron chi connectivity index (χ3n) is 5.69. The smallest absolute Gasteiger partial charge is 0.744 e. The molecule has 1 aromatic carbocycles. The van der Waals surface area contributed by atoms with Crippen LogP contribution in [-0.2, 0) is 19.6 Å². The fourth-order valence-corrected chi connectivity index (χ4v) is 4.41. The maximum absolute atomic E-state index is 12.7. The molecule has 0 spiro atoms. The molecule has 0 N–H and O–H groups in total. The van der Waals surface area contributed by atoms with Crippen LogP contribution in [0.15, 0.2) is 47.4 Å². The normalized spacial score (nSPS) is 11.5. The van der Waals surface area contributed by atoms with Gasteiger partial charge in [0.25, 0.3) is 0 Å². The van der Waals surface area contributed by atoms with Gasteiger partial charge in [0.2, 0.25) is 0 Å². The van der Waals surface area contributed by atoms with E-state index < -0.39 is 32.5 Å². The Bertz CT molecular complexity index is 955. The Labute approximate surface area is 245 Å². The minimum atomic E-state index is -5.00. The summed E-state index contributed by atoms with van der Waals surface area (Å²) in [4.78, 5) is 24.6. The molecule has 37 heavy (non-hydrogen) atoms. The number of rotatable bonds is 19. The van der Waals surface area contributed by atoms with Crippen molar-refractivity contribution in [1.82, 2.24) is 0 Å². The monoisotopic (exact) mass is 544 g/mol. The van der Waals surface area contributed by atoms with Gasteiger partial charge < -0.3 is 14.0 Å². The molecule has 0 saturated carbocycles. The molecule has 0 atom stereocenters. The standard InChI is InChI=1S/C28H42O7S.Na/c1-3-5-7-9-11-13-15-17-22-34-27(29)24-20-19-21-25(36(31,32)33)26(24)28(30)35-23-18-16-14-12-10-8-6-4-2;/h3-6,19-21H,7-18,22-23H2,1-2H3,(H,31,32,33);/q;+1/p-1/b5-3+,6-4+;. The Kier molecular flexibility index (Phi) is 20.6. The second-order valence-corrected chi connectivity index (χ2v) is 10.0. The zero-order chi connectivity index (χ0) is 26.7. The van der Waals surface area contributed by atoms with Crippen LogP contribution in [0.2, 0.25) is 0 Å². The molecule has 9 heteroatoms. The molecule has 202 valence electrons. The fraction of sp³-hybridized carbons (Fsp3) is 0.571. The van der Waals surface area contributed by atoms with E-state index in [1.807, 2.05) is 26.0 Å². The van der Waals surface area contributed by atoms with Crippen molar-refractivity contribution in [2.45, 2.75) is 95.8 Å². The average molecular weight is 545 g/mol. The summed E-state index contributed by atoms with van der Waals surface area (Å²) in [6.07, 6.45) is 19.8. The fourth-order valence-electron chi connectivity index (χ4n) is 3.72. The van der Waals surface area contributed by atoms with E-state index in [9.17, 15) is 22.6 Å². The predicted molar refractivity (Wildman–Crippen MR) is 140 cm³/mol. The van der Waals surface area contributed by atoms with E-state index in [1.54, 1.807) is 0 Å². The molecule has 0 fully saturated rings. The van der Waals surface area contributed by atoms with Gasteiger partial charge in [-0.1, -0.05) is 68.9 Å². The van der Waals surface area contributed by atoms with E-state index in [4.69, 9.17) is 9.47 Å².